The number of rotatable bonds is 11. The summed E-state index contributed by atoms with van der Waals surface area (Å²) in [5.41, 5.74) is 2.20. The van der Waals surface area contributed by atoms with Crippen LogP contribution in [0.3, 0.4) is 0 Å². The Morgan fingerprint density at radius 1 is 1.09 bits per heavy atom. The molecule has 1 saturated carbocycles. The van der Waals surface area contributed by atoms with Crippen molar-refractivity contribution in [3.8, 4) is 11.6 Å². The Labute approximate surface area is 193 Å². The molecule has 1 aromatic heterocycles. The van der Waals surface area contributed by atoms with Crippen LogP contribution in [0.2, 0.25) is 0 Å². The molecule has 5 heteroatoms. The molecule has 5 nitrogen and oxygen atoms in total. The quantitative estimate of drug-likeness (QED) is 0.384. The Morgan fingerprint density at radius 2 is 1.88 bits per heavy atom. The van der Waals surface area contributed by atoms with Crippen LogP contribution in [-0.2, 0) is 6.61 Å². The summed E-state index contributed by atoms with van der Waals surface area (Å²) in [5.74, 6) is 2.61. The first-order valence-corrected chi connectivity index (χ1v) is 11.9. The topological polar surface area (TPSA) is 47.5 Å². The van der Waals surface area contributed by atoms with E-state index in [0.717, 1.165) is 35.8 Å². The second-order valence-corrected chi connectivity index (χ2v) is 8.49. The summed E-state index contributed by atoms with van der Waals surface area (Å²) in [4.78, 5) is 2.20. The van der Waals surface area contributed by atoms with E-state index in [1.54, 1.807) is 0 Å². The normalized spacial score (nSPS) is 15.2. The van der Waals surface area contributed by atoms with Gasteiger partial charge in [-0.3, -0.25) is 0 Å². The fourth-order valence-electron chi connectivity index (χ4n) is 3.98. The predicted octanol–water partition coefficient (Wildman–Crippen LogP) is 6.36. The van der Waals surface area contributed by atoms with Gasteiger partial charge in [0.25, 0.3) is 5.88 Å². The van der Waals surface area contributed by atoms with Gasteiger partial charge in [0.2, 0.25) is 0 Å². The Balaban J connectivity index is 1.73. The van der Waals surface area contributed by atoms with Crippen LogP contribution >= 0.6 is 0 Å². The first-order chi connectivity index (χ1) is 15.7. The van der Waals surface area contributed by atoms with E-state index in [1.807, 2.05) is 31.2 Å². The molecule has 0 aliphatic heterocycles. The van der Waals surface area contributed by atoms with Gasteiger partial charge in [-0.1, -0.05) is 74.7 Å². The standard InChI is InChI=1S/C27H37N3O2/c1-4-6-13-22(5-2)20-32-27-25(31-21-24-16-11-8-12-17-24)18-26(28-29-27)30(3)19-23-14-9-7-10-15-23/h5-6,8,11-13,16-18,23H,4,7,9-10,14-15,19-21H2,1-3H3/b13-6-,22-5+. The zero-order chi connectivity index (χ0) is 22.6. The van der Waals surface area contributed by atoms with E-state index >= 15 is 0 Å². The van der Waals surface area contributed by atoms with Crippen LogP contribution in [0.4, 0.5) is 5.82 Å². The number of aromatic nitrogens is 2. The maximum Gasteiger partial charge on any atom is 0.276 e. The summed E-state index contributed by atoms with van der Waals surface area (Å²) in [5, 5.41) is 8.86. The van der Waals surface area contributed by atoms with Gasteiger partial charge in [-0.05, 0) is 43.2 Å². The number of hydrogen-bond donors (Lipinski definition) is 0. The van der Waals surface area contributed by atoms with E-state index in [1.165, 1.54) is 32.1 Å². The largest absolute Gasteiger partial charge is 0.483 e. The molecule has 0 atom stereocenters. The van der Waals surface area contributed by atoms with Crippen molar-refractivity contribution in [1.29, 1.82) is 0 Å². The van der Waals surface area contributed by atoms with E-state index in [2.05, 4.69) is 59.4 Å². The lowest BCUT2D eigenvalue weighted by Crippen LogP contribution is -2.27. The molecule has 1 aromatic carbocycles. The highest BCUT2D eigenvalue weighted by atomic mass is 16.5. The molecule has 1 fully saturated rings. The average Bonchev–Trinajstić information content (AvgIpc) is 2.84. The maximum atomic E-state index is 6.16. The molecular weight excluding hydrogens is 398 g/mol. The van der Waals surface area contributed by atoms with Crippen molar-refractivity contribution >= 4 is 5.82 Å². The summed E-state index contributed by atoms with van der Waals surface area (Å²) in [6.45, 7) is 6.02. The summed E-state index contributed by atoms with van der Waals surface area (Å²) in [6.07, 6.45) is 13.9. The lowest BCUT2D eigenvalue weighted by molar-refractivity contribution is 0.263. The zero-order valence-electron chi connectivity index (χ0n) is 19.8. The molecule has 2 aromatic rings. The molecule has 1 aliphatic rings. The van der Waals surface area contributed by atoms with E-state index in [0.29, 0.717) is 24.8 Å². The minimum Gasteiger partial charge on any atom is -0.483 e. The molecule has 3 rings (SSSR count). The fraction of sp³-hybridized carbons (Fsp3) is 0.481. The van der Waals surface area contributed by atoms with E-state index in [-0.39, 0.29) is 0 Å². The van der Waals surface area contributed by atoms with Gasteiger partial charge < -0.3 is 14.4 Å². The Morgan fingerprint density at radius 3 is 2.59 bits per heavy atom. The van der Waals surface area contributed by atoms with Crippen molar-refractivity contribution in [2.45, 2.75) is 59.0 Å². The SMILES string of the molecule is C/C=C(\C=C/CC)COc1nnc(N(C)CC2CCCCC2)cc1OCc1ccccc1. The summed E-state index contributed by atoms with van der Waals surface area (Å²) in [7, 11) is 2.09. The van der Waals surface area contributed by atoms with Crippen LogP contribution in [0.5, 0.6) is 11.6 Å². The first-order valence-electron chi connectivity index (χ1n) is 11.9. The van der Waals surface area contributed by atoms with Crippen LogP contribution in [0, 0.1) is 5.92 Å². The lowest BCUT2D eigenvalue weighted by atomic mass is 9.89. The maximum absolute atomic E-state index is 6.16. The number of ether oxygens (including phenoxy) is 2. The van der Waals surface area contributed by atoms with E-state index < -0.39 is 0 Å². The van der Waals surface area contributed by atoms with Gasteiger partial charge in [0.05, 0.1) is 0 Å². The Kier molecular flexibility index (Phi) is 9.60. The third kappa shape index (κ3) is 7.40. The number of hydrogen-bond acceptors (Lipinski definition) is 5. The molecular formula is C27H37N3O2. The van der Waals surface area contributed by atoms with Crippen molar-refractivity contribution in [2.24, 2.45) is 5.92 Å². The Hall–Kier alpha value is -2.82. The highest BCUT2D eigenvalue weighted by molar-refractivity contribution is 5.46. The molecule has 0 unspecified atom stereocenters. The van der Waals surface area contributed by atoms with E-state index in [4.69, 9.17) is 9.47 Å². The van der Waals surface area contributed by atoms with Gasteiger partial charge in [-0.25, -0.2) is 0 Å². The minimum absolute atomic E-state index is 0.431. The predicted molar refractivity (Wildman–Crippen MR) is 131 cm³/mol. The van der Waals surface area contributed by atoms with Crippen LogP contribution in [-0.4, -0.2) is 30.4 Å². The van der Waals surface area contributed by atoms with Crippen molar-refractivity contribution in [2.75, 3.05) is 25.1 Å². The second-order valence-electron chi connectivity index (χ2n) is 8.49. The minimum atomic E-state index is 0.431. The number of anilines is 1. The van der Waals surface area contributed by atoms with Gasteiger partial charge in [0, 0.05) is 19.7 Å². The number of allylic oxidation sites excluding steroid dienone is 2. The highest BCUT2D eigenvalue weighted by Crippen LogP contribution is 2.30. The van der Waals surface area contributed by atoms with Crippen LogP contribution < -0.4 is 14.4 Å². The zero-order valence-corrected chi connectivity index (χ0v) is 19.8. The molecule has 32 heavy (non-hydrogen) atoms. The monoisotopic (exact) mass is 435 g/mol. The first kappa shape index (κ1) is 23.8. The third-order valence-corrected chi connectivity index (χ3v) is 5.91. The average molecular weight is 436 g/mol. The van der Waals surface area contributed by atoms with Crippen LogP contribution in [0.25, 0.3) is 0 Å². The van der Waals surface area contributed by atoms with Crippen molar-refractivity contribution < 1.29 is 9.47 Å². The fourth-order valence-corrected chi connectivity index (χ4v) is 3.98. The van der Waals surface area contributed by atoms with Crippen LogP contribution in [0.1, 0.15) is 57.9 Å². The molecule has 0 spiro atoms. The van der Waals surface area contributed by atoms with Gasteiger partial charge in [0.1, 0.15) is 13.2 Å². The molecule has 172 valence electrons. The molecule has 0 saturated heterocycles. The molecule has 1 heterocycles. The smallest absolute Gasteiger partial charge is 0.276 e. The molecule has 0 bridgehead atoms. The molecule has 1 aliphatic carbocycles. The van der Waals surface area contributed by atoms with E-state index in [9.17, 15) is 0 Å². The van der Waals surface area contributed by atoms with Gasteiger partial charge >= 0.3 is 0 Å². The lowest BCUT2D eigenvalue weighted by Gasteiger charge is -2.27. The van der Waals surface area contributed by atoms with Crippen molar-refractivity contribution in [3.05, 3.63) is 65.8 Å². The number of nitrogens with zero attached hydrogens (tertiary/aromatic N) is 3. The van der Waals surface area contributed by atoms with Crippen molar-refractivity contribution in [1.82, 2.24) is 10.2 Å². The van der Waals surface area contributed by atoms with Gasteiger partial charge in [0.15, 0.2) is 11.6 Å². The highest BCUT2D eigenvalue weighted by Gasteiger charge is 2.18. The Bertz CT molecular complexity index is 874. The molecule has 0 N–H and O–H groups in total. The second kappa shape index (κ2) is 12.9. The van der Waals surface area contributed by atoms with Gasteiger partial charge in [-0.15, -0.1) is 10.2 Å². The third-order valence-electron chi connectivity index (χ3n) is 5.91. The van der Waals surface area contributed by atoms with Crippen LogP contribution in [0.15, 0.2) is 60.2 Å². The number of benzene rings is 1. The van der Waals surface area contributed by atoms with Crippen molar-refractivity contribution in [3.63, 3.8) is 0 Å². The van der Waals surface area contributed by atoms with Gasteiger partial charge in [-0.2, -0.15) is 0 Å². The molecule has 0 radical (unpaired) electrons. The summed E-state index contributed by atoms with van der Waals surface area (Å²) in [6, 6.07) is 12.1. The molecule has 0 amide bonds. The summed E-state index contributed by atoms with van der Waals surface area (Å²) >= 11 is 0. The summed E-state index contributed by atoms with van der Waals surface area (Å²) < 4.78 is 12.2.